The Kier molecular flexibility index (Phi) is 4.61. The second kappa shape index (κ2) is 5.71. The van der Waals surface area contributed by atoms with Crippen molar-refractivity contribution in [1.29, 1.82) is 0 Å². The van der Waals surface area contributed by atoms with Gasteiger partial charge in [0.15, 0.2) is 0 Å². The van der Waals surface area contributed by atoms with Gasteiger partial charge in [0, 0.05) is 5.69 Å². The third kappa shape index (κ3) is 3.71. The molecule has 116 valence electrons. The Bertz CT molecular complexity index is 568. The minimum Gasteiger partial charge on any atom is -0.481 e. The molecule has 1 aromatic carbocycles. The highest BCUT2D eigenvalue weighted by molar-refractivity contribution is 5.90. The SMILES string of the molecule is Cc1ccc(NC(=O)NC(C)(C)C(C)(C)C(=O)O)cc1F. The molecule has 0 spiro atoms. The van der Waals surface area contributed by atoms with Crippen LogP contribution in [0.5, 0.6) is 0 Å². The van der Waals surface area contributed by atoms with E-state index >= 15 is 0 Å². The number of nitrogens with one attached hydrogen (secondary N) is 2. The fraction of sp³-hybridized carbons (Fsp3) is 0.467. The van der Waals surface area contributed by atoms with Gasteiger partial charge in [-0.1, -0.05) is 6.07 Å². The molecule has 1 rings (SSSR count). The van der Waals surface area contributed by atoms with Gasteiger partial charge in [-0.3, -0.25) is 4.79 Å². The molecule has 0 fully saturated rings. The van der Waals surface area contributed by atoms with E-state index in [1.54, 1.807) is 32.9 Å². The van der Waals surface area contributed by atoms with Gasteiger partial charge in [0.1, 0.15) is 5.82 Å². The normalized spacial score (nSPS) is 11.9. The summed E-state index contributed by atoms with van der Waals surface area (Å²) in [7, 11) is 0. The van der Waals surface area contributed by atoms with Gasteiger partial charge < -0.3 is 15.7 Å². The number of amides is 2. The number of carboxylic acid groups (broad SMARTS) is 1. The van der Waals surface area contributed by atoms with Crippen LogP contribution in [0.1, 0.15) is 33.3 Å². The zero-order valence-corrected chi connectivity index (χ0v) is 12.9. The lowest BCUT2D eigenvalue weighted by atomic mass is 9.74. The van der Waals surface area contributed by atoms with E-state index in [1.807, 2.05) is 0 Å². The number of rotatable bonds is 4. The molecule has 0 heterocycles. The molecule has 6 heteroatoms. The molecule has 0 bridgehead atoms. The highest BCUT2D eigenvalue weighted by Gasteiger charge is 2.44. The van der Waals surface area contributed by atoms with Crippen molar-refractivity contribution in [3.8, 4) is 0 Å². The molecule has 0 saturated heterocycles. The van der Waals surface area contributed by atoms with Gasteiger partial charge in [-0.05, 0) is 52.3 Å². The minimum absolute atomic E-state index is 0.305. The topological polar surface area (TPSA) is 78.4 Å². The van der Waals surface area contributed by atoms with Crippen LogP contribution < -0.4 is 10.6 Å². The summed E-state index contributed by atoms with van der Waals surface area (Å²) in [5.74, 6) is -1.44. The first-order valence-corrected chi connectivity index (χ1v) is 6.56. The van der Waals surface area contributed by atoms with E-state index in [4.69, 9.17) is 0 Å². The van der Waals surface area contributed by atoms with Gasteiger partial charge in [-0.25, -0.2) is 9.18 Å². The van der Waals surface area contributed by atoms with Crippen LogP contribution in [-0.2, 0) is 4.79 Å². The number of aliphatic carboxylic acids is 1. The Morgan fingerprint density at radius 3 is 2.24 bits per heavy atom. The number of benzene rings is 1. The Morgan fingerprint density at radius 1 is 1.19 bits per heavy atom. The number of hydrogen-bond acceptors (Lipinski definition) is 2. The highest BCUT2D eigenvalue weighted by Crippen LogP contribution is 2.30. The van der Waals surface area contributed by atoms with Gasteiger partial charge in [0.25, 0.3) is 0 Å². The van der Waals surface area contributed by atoms with Gasteiger partial charge in [-0.2, -0.15) is 0 Å². The monoisotopic (exact) mass is 296 g/mol. The molecule has 0 aliphatic rings. The number of carboxylic acids is 1. The van der Waals surface area contributed by atoms with E-state index in [9.17, 15) is 19.1 Å². The molecule has 0 aliphatic heterocycles. The van der Waals surface area contributed by atoms with Crippen molar-refractivity contribution in [3.63, 3.8) is 0 Å². The minimum atomic E-state index is -1.16. The van der Waals surface area contributed by atoms with E-state index in [1.165, 1.54) is 19.9 Å². The Labute approximate surface area is 123 Å². The number of urea groups is 1. The smallest absolute Gasteiger partial charge is 0.319 e. The van der Waals surface area contributed by atoms with Crippen LogP contribution in [0.4, 0.5) is 14.9 Å². The molecule has 0 radical (unpaired) electrons. The zero-order chi connectivity index (χ0) is 16.4. The molecule has 0 saturated carbocycles. The summed E-state index contributed by atoms with van der Waals surface area (Å²) in [6, 6.07) is 3.76. The zero-order valence-electron chi connectivity index (χ0n) is 12.9. The first-order valence-electron chi connectivity index (χ1n) is 6.56. The number of halogens is 1. The lowest BCUT2D eigenvalue weighted by Crippen LogP contribution is -2.57. The van der Waals surface area contributed by atoms with Crippen molar-refractivity contribution in [2.75, 3.05) is 5.32 Å². The maximum absolute atomic E-state index is 13.4. The Morgan fingerprint density at radius 2 is 1.76 bits per heavy atom. The van der Waals surface area contributed by atoms with E-state index in [-0.39, 0.29) is 0 Å². The molecule has 0 atom stereocenters. The fourth-order valence-electron chi connectivity index (χ4n) is 1.54. The lowest BCUT2D eigenvalue weighted by molar-refractivity contribution is -0.150. The molecule has 0 aromatic heterocycles. The molecular weight excluding hydrogens is 275 g/mol. The molecule has 0 aliphatic carbocycles. The predicted octanol–water partition coefficient (Wildman–Crippen LogP) is 3.15. The number of carbonyl (C=O) groups is 2. The van der Waals surface area contributed by atoms with Crippen LogP contribution in [0, 0.1) is 18.2 Å². The van der Waals surface area contributed by atoms with Crippen LogP contribution in [-0.4, -0.2) is 22.6 Å². The standard InChI is InChI=1S/C15H21FN2O3/c1-9-6-7-10(8-11(9)16)17-13(21)18-15(4,5)14(2,3)12(19)20/h6-8H,1-5H3,(H,19,20)(H2,17,18,21). The summed E-state index contributed by atoms with van der Waals surface area (Å²) in [6.45, 7) is 7.92. The highest BCUT2D eigenvalue weighted by atomic mass is 19.1. The van der Waals surface area contributed by atoms with Crippen LogP contribution >= 0.6 is 0 Å². The first-order chi connectivity index (χ1) is 9.47. The average Bonchev–Trinajstić information content (AvgIpc) is 2.32. The van der Waals surface area contributed by atoms with Gasteiger partial charge in [0.05, 0.1) is 11.0 Å². The van der Waals surface area contributed by atoms with Crippen molar-refractivity contribution < 1.29 is 19.1 Å². The molecule has 0 unspecified atom stereocenters. The fourth-order valence-corrected chi connectivity index (χ4v) is 1.54. The van der Waals surface area contributed by atoms with Crippen molar-refractivity contribution in [2.24, 2.45) is 5.41 Å². The Balaban J connectivity index is 2.81. The molecule has 1 aromatic rings. The summed E-state index contributed by atoms with van der Waals surface area (Å²) in [5, 5.41) is 14.3. The second-order valence-corrected chi connectivity index (χ2v) is 6.10. The maximum atomic E-state index is 13.4. The van der Waals surface area contributed by atoms with E-state index in [0.717, 1.165) is 0 Å². The summed E-state index contributed by atoms with van der Waals surface area (Å²) in [5.41, 5.74) is -1.37. The second-order valence-electron chi connectivity index (χ2n) is 6.10. The molecule has 2 amide bonds. The largest absolute Gasteiger partial charge is 0.481 e. The average molecular weight is 296 g/mol. The van der Waals surface area contributed by atoms with Crippen LogP contribution in [0.3, 0.4) is 0 Å². The van der Waals surface area contributed by atoms with Crippen molar-refractivity contribution >= 4 is 17.7 Å². The summed E-state index contributed by atoms with van der Waals surface area (Å²) in [4.78, 5) is 23.2. The van der Waals surface area contributed by atoms with Crippen LogP contribution in [0.2, 0.25) is 0 Å². The Hall–Kier alpha value is -2.11. The van der Waals surface area contributed by atoms with Crippen molar-refractivity contribution in [1.82, 2.24) is 5.32 Å². The van der Waals surface area contributed by atoms with E-state index in [2.05, 4.69) is 10.6 Å². The first kappa shape index (κ1) is 16.9. The summed E-state index contributed by atoms with van der Waals surface area (Å²) < 4.78 is 13.4. The van der Waals surface area contributed by atoms with Crippen LogP contribution in [0.15, 0.2) is 18.2 Å². The third-order valence-electron chi connectivity index (χ3n) is 3.95. The number of hydrogen-bond donors (Lipinski definition) is 3. The predicted molar refractivity (Wildman–Crippen MR) is 78.8 cm³/mol. The van der Waals surface area contributed by atoms with Crippen molar-refractivity contribution in [3.05, 3.63) is 29.6 Å². The number of anilines is 1. The van der Waals surface area contributed by atoms with Gasteiger partial charge in [0.2, 0.25) is 0 Å². The maximum Gasteiger partial charge on any atom is 0.319 e. The van der Waals surface area contributed by atoms with E-state index in [0.29, 0.717) is 11.3 Å². The third-order valence-corrected chi connectivity index (χ3v) is 3.95. The van der Waals surface area contributed by atoms with E-state index < -0.39 is 28.8 Å². The number of carbonyl (C=O) groups excluding carboxylic acids is 1. The number of aryl methyl sites for hydroxylation is 1. The molecular formula is C15H21FN2O3. The van der Waals surface area contributed by atoms with Gasteiger partial charge in [-0.15, -0.1) is 0 Å². The quantitative estimate of drug-likeness (QED) is 0.798. The lowest BCUT2D eigenvalue weighted by Gasteiger charge is -2.38. The molecule has 5 nitrogen and oxygen atoms in total. The van der Waals surface area contributed by atoms with Gasteiger partial charge >= 0.3 is 12.0 Å². The summed E-state index contributed by atoms with van der Waals surface area (Å²) >= 11 is 0. The molecule has 3 N–H and O–H groups in total. The van der Waals surface area contributed by atoms with Crippen LogP contribution in [0.25, 0.3) is 0 Å². The summed E-state index contributed by atoms with van der Waals surface area (Å²) in [6.07, 6.45) is 0. The molecule has 21 heavy (non-hydrogen) atoms. The van der Waals surface area contributed by atoms with Crippen molar-refractivity contribution in [2.45, 2.75) is 40.2 Å².